The Morgan fingerprint density at radius 3 is 2.20 bits per heavy atom. The molecule has 3 heterocycles. The van der Waals surface area contributed by atoms with E-state index in [-0.39, 0.29) is 11.5 Å². The number of rotatable bonds is 7. The lowest BCUT2D eigenvalue weighted by Crippen LogP contribution is -2.50. The fraction of sp³-hybridized carbons (Fsp3) is 0.500. The van der Waals surface area contributed by atoms with Gasteiger partial charge in [-0.05, 0) is 25.5 Å². The van der Waals surface area contributed by atoms with Crippen molar-refractivity contribution < 1.29 is 19.0 Å². The summed E-state index contributed by atoms with van der Waals surface area (Å²) in [4.78, 5) is 35.3. The molecule has 0 atom stereocenters. The number of anilines is 1. The molecule has 188 valence electrons. The molecule has 4 rings (SSSR count). The van der Waals surface area contributed by atoms with Crippen molar-refractivity contribution in [2.24, 2.45) is 7.05 Å². The number of aryl methyl sites for hydroxylation is 2. The summed E-state index contributed by atoms with van der Waals surface area (Å²) in [5.74, 6) is 1.81. The lowest BCUT2D eigenvalue weighted by molar-refractivity contribution is 0.0745. The highest BCUT2D eigenvalue weighted by molar-refractivity contribution is 5.96. The number of nitrogens with zero attached hydrogens (tertiary/aromatic N) is 6. The Morgan fingerprint density at radius 2 is 1.66 bits per heavy atom. The van der Waals surface area contributed by atoms with E-state index in [0.717, 1.165) is 12.1 Å². The highest BCUT2D eigenvalue weighted by Gasteiger charge is 2.28. The molecule has 1 fully saturated rings. The fourth-order valence-electron chi connectivity index (χ4n) is 4.56. The van der Waals surface area contributed by atoms with E-state index in [1.165, 1.54) is 21.3 Å². The second kappa shape index (κ2) is 9.85. The minimum Gasteiger partial charge on any atom is -0.493 e. The van der Waals surface area contributed by atoms with Gasteiger partial charge in [-0.2, -0.15) is 5.10 Å². The molecule has 0 unspecified atom stereocenters. The molecule has 1 aliphatic rings. The van der Waals surface area contributed by atoms with Crippen LogP contribution in [0.15, 0.2) is 16.9 Å². The van der Waals surface area contributed by atoms with Gasteiger partial charge in [0.05, 0.1) is 27.0 Å². The smallest absolute Gasteiger partial charge is 0.281 e. The average molecular weight is 485 g/mol. The summed E-state index contributed by atoms with van der Waals surface area (Å²) in [5.41, 5.74) is 2.22. The first-order chi connectivity index (χ1) is 16.8. The number of benzene rings is 1. The van der Waals surface area contributed by atoms with E-state index >= 15 is 0 Å². The molecule has 1 saturated heterocycles. The van der Waals surface area contributed by atoms with Gasteiger partial charge in [0.25, 0.3) is 11.5 Å². The number of fused-ring (bicyclic) bond motifs is 1. The number of carbonyl (C=O) groups is 1. The van der Waals surface area contributed by atoms with Crippen LogP contribution in [0.1, 0.15) is 29.4 Å². The van der Waals surface area contributed by atoms with Crippen molar-refractivity contribution in [1.82, 2.24) is 24.2 Å². The zero-order valence-electron chi connectivity index (χ0n) is 21.1. The summed E-state index contributed by atoms with van der Waals surface area (Å²) in [6.07, 6.45) is 0.802. The molecule has 35 heavy (non-hydrogen) atoms. The lowest BCUT2D eigenvalue weighted by atomic mass is 10.1. The molecule has 0 spiro atoms. The Hall–Kier alpha value is -3.76. The number of carbonyl (C=O) groups excluding carboxylic acids is 1. The maximum absolute atomic E-state index is 13.3. The summed E-state index contributed by atoms with van der Waals surface area (Å²) in [6, 6.07) is 3.32. The van der Waals surface area contributed by atoms with Crippen LogP contribution in [0.5, 0.6) is 17.2 Å². The molecular weight excluding hydrogens is 452 g/mol. The number of aromatic nitrogens is 4. The molecule has 2 aromatic heterocycles. The summed E-state index contributed by atoms with van der Waals surface area (Å²) in [6.45, 7) is 6.53. The quantitative estimate of drug-likeness (QED) is 0.500. The second-order valence-corrected chi connectivity index (χ2v) is 8.47. The molecule has 3 aromatic rings. The van der Waals surface area contributed by atoms with Crippen LogP contribution in [-0.4, -0.2) is 77.6 Å². The molecule has 11 heteroatoms. The Morgan fingerprint density at radius 1 is 1.03 bits per heavy atom. The van der Waals surface area contributed by atoms with Crippen molar-refractivity contribution in [3.8, 4) is 17.2 Å². The van der Waals surface area contributed by atoms with E-state index < -0.39 is 0 Å². The molecule has 0 bridgehead atoms. The van der Waals surface area contributed by atoms with Crippen LogP contribution >= 0.6 is 0 Å². The fourth-order valence-corrected chi connectivity index (χ4v) is 4.56. The van der Waals surface area contributed by atoms with Gasteiger partial charge in [-0.1, -0.05) is 6.92 Å². The first kappa shape index (κ1) is 24.4. The van der Waals surface area contributed by atoms with E-state index in [4.69, 9.17) is 19.2 Å². The number of hydrogen-bond acceptors (Lipinski definition) is 8. The van der Waals surface area contributed by atoms with E-state index in [1.54, 1.807) is 33.3 Å². The van der Waals surface area contributed by atoms with Crippen LogP contribution in [0.4, 0.5) is 5.95 Å². The predicted octanol–water partition coefficient (Wildman–Crippen LogP) is 1.84. The Balaban J connectivity index is 1.60. The zero-order valence-corrected chi connectivity index (χ0v) is 21.1. The van der Waals surface area contributed by atoms with Gasteiger partial charge in [-0.15, -0.1) is 0 Å². The normalized spacial score (nSPS) is 13.9. The van der Waals surface area contributed by atoms with Crippen molar-refractivity contribution in [2.75, 3.05) is 52.4 Å². The lowest BCUT2D eigenvalue weighted by Gasteiger charge is -2.36. The van der Waals surface area contributed by atoms with Crippen LogP contribution in [0.3, 0.4) is 0 Å². The first-order valence-corrected chi connectivity index (χ1v) is 11.6. The van der Waals surface area contributed by atoms with Crippen molar-refractivity contribution in [3.63, 3.8) is 0 Å². The second-order valence-electron chi connectivity index (χ2n) is 8.47. The molecule has 1 amide bonds. The van der Waals surface area contributed by atoms with Crippen molar-refractivity contribution in [2.45, 2.75) is 26.8 Å². The van der Waals surface area contributed by atoms with Crippen LogP contribution in [0.25, 0.3) is 11.0 Å². The molecule has 1 aliphatic heterocycles. The molecule has 0 radical (unpaired) electrons. The van der Waals surface area contributed by atoms with Gasteiger partial charge < -0.3 is 24.0 Å². The van der Waals surface area contributed by atoms with E-state index in [0.29, 0.717) is 72.5 Å². The summed E-state index contributed by atoms with van der Waals surface area (Å²) in [7, 11) is 6.33. The van der Waals surface area contributed by atoms with Crippen molar-refractivity contribution >= 4 is 22.9 Å². The number of amides is 1. The van der Waals surface area contributed by atoms with Gasteiger partial charge in [0, 0.05) is 45.3 Å². The zero-order chi connectivity index (χ0) is 25.3. The van der Waals surface area contributed by atoms with Gasteiger partial charge in [0.2, 0.25) is 11.7 Å². The maximum Gasteiger partial charge on any atom is 0.281 e. The van der Waals surface area contributed by atoms with Crippen molar-refractivity contribution in [3.05, 3.63) is 33.7 Å². The summed E-state index contributed by atoms with van der Waals surface area (Å²) in [5, 5.41) is 4.39. The minimum atomic E-state index is -0.124. The molecule has 1 aromatic carbocycles. The highest BCUT2D eigenvalue weighted by atomic mass is 16.5. The standard InChI is InChI=1S/C24H32N6O5/c1-7-8-30-23(32)20-19(15(2)26-27(20)3)25-24(30)29-11-9-28(10-12-29)22(31)16-13-17(33-4)21(35-6)18(14-16)34-5/h13-14H,7-12H2,1-6H3. The largest absolute Gasteiger partial charge is 0.493 e. The predicted molar refractivity (Wildman–Crippen MR) is 132 cm³/mol. The summed E-state index contributed by atoms with van der Waals surface area (Å²) >= 11 is 0. The molecular formula is C24H32N6O5. The third kappa shape index (κ3) is 4.26. The van der Waals surface area contributed by atoms with Crippen LogP contribution < -0.4 is 24.7 Å². The maximum atomic E-state index is 13.3. The number of hydrogen-bond donors (Lipinski definition) is 0. The van der Waals surface area contributed by atoms with Gasteiger partial charge >= 0.3 is 0 Å². The molecule has 11 nitrogen and oxygen atoms in total. The van der Waals surface area contributed by atoms with E-state index in [1.807, 2.05) is 13.8 Å². The highest BCUT2D eigenvalue weighted by Crippen LogP contribution is 2.38. The van der Waals surface area contributed by atoms with E-state index in [9.17, 15) is 9.59 Å². The summed E-state index contributed by atoms with van der Waals surface area (Å²) < 4.78 is 19.5. The molecule has 0 N–H and O–H groups in total. The Kier molecular flexibility index (Phi) is 6.86. The van der Waals surface area contributed by atoms with Crippen LogP contribution in [-0.2, 0) is 13.6 Å². The van der Waals surface area contributed by atoms with Gasteiger partial charge in [-0.3, -0.25) is 18.8 Å². The monoisotopic (exact) mass is 484 g/mol. The topological polar surface area (TPSA) is 104 Å². The molecule has 0 aliphatic carbocycles. The van der Waals surface area contributed by atoms with Crippen LogP contribution in [0.2, 0.25) is 0 Å². The third-order valence-electron chi connectivity index (χ3n) is 6.30. The third-order valence-corrected chi connectivity index (χ3v) is 6.30. The van der Waals surface area contributed by atoms with Gasteiger partial charge in [0.15, 0.2) is 17.0 Å². The number of piperazine rings is 1. The number of methoxy groups -OCH3 is 3. The van der Waals surface area contributed by atoms with Crippen molar-refractivity contribution in [1.29, 1.82) is 0 Å². The SMILES string of the molecule is CCCn1c(N2CCN(C(=O)c3cc(OC)c(OC)c(OC)c3)CC2)nc2c(C)nn(C)c2c1=O. The van der Waals surface area contributed by atoms with Gasteiger partial charge in [-0.25, -0.2) is 4.98 Å². The first-order valence-electron chi connectivity index (χ1n) is 11.6. The molecule has 0 saturated carbocycles. The van der Waals surface area contributed by atoms with E-state index in [2.05, 4.69) is 10.00 Å². The van der Waals surface area contributed by atoms with Gasteiger partial charge in [0.1, 0.15) is 5.52 Å². The van der Waals surface area contributed by atoms with Crippen LogP contribution in [0, 0.1) is 6.92 Å². The number of ether oxygens (including phenoxy) is 3. The Labute approximate surface area is 203 Å². The average Bonchev–Trinajstić information content (AvgIpc) is 3.17. The minimum absolute atomic E-state index is 0.0918. The Bertz CT molecular complexity index is 1280.